The number of benzene rings is 1. The van der Waals surface area contributed by atoms with Crippen molar-refractivity contribution in [2.75, 3.05) is 25.2 Å². The van der Waals surface area contributed by atoms with Crippen LogP contribution in [0.15, 0.2) is 12.1 Å². The highest BCUT2D eigenvalue weighted by Gasteiger charge is 2.21. The number of rotatable bonds is 7. The van der Waals surface area contributed by atoms with Gasteiger partial charge in [0.1, 0.15) is 17.6 Å². The third-order valence-corrected chi connectivity index (χ3v) is 4.75. The topological polar surface area (TPSA) is 47.6 Å². The summed E-state index contributed by atoms with van der Waals surface area (Å²) in [6.07, 6.45) is 1.18. The van der Waals surface area contributed by atoms with Crippen LogP contribution in [0.25, 0.3) is 0 Å². The van der Waals surface area contributed by atoms with Crippen molar-refractivity contribution < 1.29 is 13.7 Å². The average molecular weight is 297 g/mol. The Labute approximate surface area is 123 Å². The van der Waals surface area contributed by atoms with Gasteiger partial charge in [-0.05, 0) is 19.1 Å². The van der Waals surface area contributed by atoms with Gasteiger partial charge in [0, 0.05) is 52.9 Å². The van der Waals surface area contributed by atoms with E-state index in [9.17, 15) is 4.21 Å². The van der Waals surface area contributed by atoms with E-state index in [1.54, 1.807) is 7.11 Å². The van der Waals surface area contributed by atoms with E-state index >= 15 is 0 Å². The van der Waals surface area contributed by atoms with Crippen molar-refractivity contribution >= 4 is 10.8 Å². The Kier molecular flexibility index (Phi) is 5.43. The fraction of sp³-hybridized carbons (Fsp3) is 0.600. The molecule has 1 N–H and O–H groups in total. The molecule has 1 aliphatic rings. The molecule has 1 aromatic carbocycles. The number of methoxy groups -OCH3 is 1. The fourth-order valence-corrected chi connectivity index (χ4v) is 3.02. The minimum Gasteiger partial charge on any atom is -0.496 e. The van der Waals surface area contributed by atoms with E-state index in [4.69, 9.17) is 9.47 Å². The summed E-state index contributed by atoms with van der Waals surface area (Å²) in [5.41, 5.74) is 2.30. The second kappa shape index (κ2) is 7.09. The lowest BCUT2D eigenvalue weighted by atomic mass is 10.1. The second-order valence-electron chi connectivity index (χ2n) is 5.01. The first kappa shape index (κ1) is 15.3. The molecule has 0 saturated carbocycles. The van der Waals surface area contributed by atoms with Crippen LogP contribution in [0.1, 0.15) is 25.0 Å². The maximum Gasteiger partial charge on any atom is 0.123 e. The van der Waals surface area contributed by atoms with Gasteiger partial charge in [-0.15, -0.1) is 0 Å². The Morgan fingerprint density at radius 1 is 1.50 bits per heavy atom. The first-order valence-corrected chi connectivity index (χ1v) is 8.55. The van der Waals surface area contributed by atoms with E-state index in [0.717, 1.165) is 35.8 Å². The van der Waals surface area contributed by atoms with E-state index < -0.39 is 10.8 Å². The zero-order chi connectivity index (χ0) is 14.5. The molecule has 112 valence electrons. The maximum atomic E-state index is 11.4. The number of nitrogens with one attached hydrogen (secondary N) is 1. The first-order valence-electron chi connectivity index (χ1n) is 7.06. The summed E-state index contributed by atoms with van der Waals surface area (Å²) < 4.78 is 22.6. The first-order chi connectivity index (χ1) is 9.63. The third-order valence-electron chi connectivity index (χ3n) is 3.44. The van der Waals surface area contributed by atoms with E-state index in [1.165, 1.54) is 5.56 Å². The lowest BCUT2D eigenvalue weighted by Gasteiger charge is -2.12. The zero-order valence-corrected chi connectivity index (χ0v) is 13.2. The summed E-state index contributed by atoms with van der Waals surface area (Å²) in [5, 5.41) is 3.32. The van der Waals surface area contributed by atoms with Crippen LogP contribution in [0, 0.1) is 0 Å². The summed E-state index contributed by atoms with van der Waals surface area (Å²) in [6.45, 7) is 5.47. The molecule has 4 nitrogen and oxygen atoms in total. The maximum absolute atomic E-state index is 11.4. The van der Waals surface area contributed by atoms with Gasteiger partial charge in [-0.3, -0.25) is 4.21 Å². The van der Waals surface area contributed by atoms with Gasteiger partial charge in [0.25, 0.3) is 0 Å². The molecule has 0 radical (unpaired) electrons. The molecule has 2 atom stereocenters. The highest BCUT2D eigenvalue weighted by molar-refractivity contribution is 7.84. The van der Waals surface area contributed by atoms with Gasteiger partial charge in [-0.2, -0.15) is 0 Å². The van der Waals surface area contributed by atoms with Crippen molar-refractivity contribution in [3.8, 4) is 11.5 Å². The Morgan fingerprint density at radius 3 is 3.00 bits per heavy atom. The quantitative estimate of drug-likeness (QED) is 0.781. The minimum atomic E-state index is -0.715. The van der Waals surface area contributed by atoms with Crippen LogP contribution in [0.3, 0.4) is 0 Å². The predicted octanol–water partition coefficient (Wildman–Crippen LogP) is 1.88. The second-order valence-corrected chi connectivity index (χ2v) is 6.88. The van der Waals surface area contributed by atoms with Crippen LogP contribution in [-0.4, -0.2) is 35.5 Å². The smallest absolute Gasteiger partial charge is 0.123 e. The van der Waals surface area contributed by atoms with Crippen LogP contribution in [-0.2, 0) is 23.8 Å². The molecule has 1 heterocycles. The number of hydrogen-bond donors (Lipinski definition) is 1. The highest BCUT2D eigenvalue weighted by atomic mass is 32.2. The molecule has 1 aromatic rings. The Balaban J connectivity index is 1.97. The van der Waals surface area contributed by atoms with Crippen molar-refractivity contribution in [2.24, 2.45) is 0 Å². The zero-order valence-electron chi connectivity index (χ0n) is 12.4. The van der Waals surface area contributed by atoms with Crippen molar-refractivity contribution in [3.63, 3.8) is 0 Å². The van der Waals surface area contributed by atoms with Crippen molar-refractivity contribution in [1.29, 1.82) is 0 Å². The molecule has 2 unspecified atom stereocenters. The molecule has 2 rings (SSSR count). The van der Waals surface area contributed by atoms with Crippen molar-refractivity contribution in [2.45, 2.75) is 32.9 Å². The summed E-state index contributed by atoms with van der Waals surface area (Å²) in [6, 6.07) is 4.13. The molecular formula is C15H23NO3S. The molecule has 1 aliphatic heterocycles. The van der Waals surface area contributed by atoms with Gasteiger partial charge in [0.05, 0.1) is 7.11 Å². The average Bonchev–Trinajstić information content (AvgIpc) is 2.81. The highest BCUT2D eigenvalue weighted by Crippen LogP contribution is 2.34. The number of hydrogen-bond acceptors (Lipinski definition) is 4. The molecule has 0 aliphatic carbocycles. The molecular weight excluding hydrogens is 274 g/mol. The van der Waals surface area contributed by atoms with Gasteiger partial charge in [-0.1, -0.05) is 6.92 Å². The largest absolute Gasteiger partial charge is 0.496 e. The summed E-state index contributed by atoms with van der Waals surface area (Å²) in [5.74, 6) is 3.27. The van der Waals surface area contributed by atoms with Crippen LogP contribution in [0.4, 0.5) is 0 Å². The van der Waals surface area contributed by atoms with E-state index in [0.29, 0.717) is 12.3 Å². The predicted molar refractivity (Wildman–Crippen MR) is 82.0 cm³/mol. The molecule has 0 fully saturated rings. The van der Waals surface area contributed by atoms with Gasteiger partial charge < -0.3 is 14.8 Å². The normalized spacial score (nSPS) is 18.4. The van der Waals surface area contributed by atoms with E-state index in [-0.39, 0.29) is 6.10 Å². The van der Waals surface area contributed by atoms with Gasteiger partial charge in [0.15, 0.2) is 0 Å². The third kappa shape index (κ3) is 3.73. The molecule has 0 bridgehead atoms. The lowest BCUT2D eigenvalue weighted by molar-refractivity contribution is 0.254. The molecule has 20 heavy (non-hydrogen) atoms. The van der Waals surface area contributed by atoms with E-state index in [2.05, 4.69) is 24.4 Å². The molecule has 0 aromatic heterocycles. The van der Waals surface area contributed by atoms with Crippen LogP contribution >= 0.6 is 0 Å². The van der Waals surface area contributed by atoms with E-state index in [1.807, 2.05) is 6.92 Å². The molecule has 0 amide bonds. The Bertz CT molecular complexity index is 490. The minimum absolute atomic E-state index is 0.241. The van der Waals surface area contributed by atoms with Gasteiger partial charge in [0.2, 0.25) is 0 Å². The molecule has 0 spiro atoms. The summed E-state index contributed by atoms with van der Waals surface area (Å²) >= 11 is 0. The number of ether oxygens (including phenoxy) is 2. The lowest BCUT2D eigenvalue weighted by Crippen LogP contribution is -2.21. The Hall–Kier alpha value is -1.07. The van der Waals surface area contributed by atoms with Crippen LogP contribution < -0.4 is 14.8 Å². The fourth-order valence-electron chi connectivity index (χ4n) is 2.36. The van der Waals surface area contributed by atoms with Gasteiger partial charge >= 0.3 is 0 Å². The SMILES string of the molecule is CCS(=O)CCNCc1cc2c(cc1OC)CC(C)O2. The van der Waals surface area contributed by atoms with Gasteiger partial charge in [-0.25, -0.2) is 0 Å². The molecule has 0 saturated heterocycles. The standard InChI is InChI=1S/C15H23NO3S/c1-4-20(17)6-5-16-10-13-9-15-12(7-11(2)19-15)8-14(13)18-3/h8-9,11,16H,4-7,10H2,1-3H3. The molecule has 5 heteroatoms. The van der Waals surface area contributed by atoms with Crippen molar-refractivity contribution in [3.05, 3.63) is 23.3 Å². The van der Waals surface area contributed by atoms with Crippen LogP contribution in [0.5, 0.6) is 11.5 Å². The number of fused-ring (bicyclic) bond motifs is 1. The summed E-state index contributed by atoms with van der Waals surface area (Å²) in [4.78, 5) is 0. The van der Waals surface area contributed by atoms with Crippen molar-refractivity contribution in [1.82, 2.24) is 5.32 Å². The monoisotopic (exact) mass is 297 g/mol. The Morgan fingerprint density at radius 2 is 2.30 bits per heavy atom. The summed E-state index contributed by atoms with van der Waals surface area (Å²) in [7, 11) is 0.976. The van der Waals surface area contributed by atoms with Crippen LogP contribution in [0.2, 0.25) is 0 Å².